The summed E-state index contributed by atoms with van der Waals surface area (Å²) < 4.78 is 22.1. The van der Waals surface area contributed by atoms with Crippen LogP contribution in [-0.2, 0) is 9.05 Å². The molecule has 15 heavy (non-hydrogen) atoms. The van der Waals surface area contributed by atoms with Crippen molar-refractivity contribution in [3.05, 3.63) is 27.7 Å². The van der Waals surface area contributed by atoms with Gasteiger partial charge >= 0.3 is 0 Å². The number of hydrogen-bond donors (Lipinski definition) is 0. The normalized spacial score (nSPS) is 10.7. The van der Waals surface area contributed by atoms with E-state index in [4.69, 9.17) is 15.9 Å². The number of nitriles is 1. The van der Waals surface area contributed by atoms with Crippen molar-refractivity contribution in [3.63, 3.8) is 0 Å². The van der Waals surface area contributed by atoms with Crippen molar-refractivity contribution in [2.45, 2.75) is 4.90 Å². The highest BCUT2D eigenvalue weighted by molar-refractivity contribution is 9.10. The molecule has 0 unspecified atom stereocenters. The van der Waals surface area contributed by atoms with Crippen molar-refractivity contribution >= 4 is 41.9 Å². The molecule has 0 aliphatic carbocycles. The third-order valence-corrected chi connectivity index (χ3v) is 4.13. The Morgan fingerprint density at radius 3 is 2.47 bits per heavy atom. The molecular formula is C8H3BrClNO3S. The molecule has 78 valence electrons. The minimum absolute atomic E-state index is 0.00606. The number of benzene rings is 1. The van der Waals surface area contributed by atoms with Gasteiger partial charge in [0, 0.05) is 20.7 Å². The molecule has 1 aromatic rings. The number of halogens is 2. The second-order valence-electron chi connectivity index (χ2n) is 2.51. The van der Waals surface area contributed by atoms with Gasteiger partial charge in [0.1, 0.15) is 0 Å². The van der Waals surface area contributed by atoms with Crippen LogP contribution >= 0.6 is 26.6 Å². The van der Waals surface area contributed by atoms with Gasteiger partial charge in [-0.15, -0.1) is 0 Å². The molecule has 0 aliphatic heterocycles. The van der Waals surface area contributed by atoms with Crippen LogP contribution in [0.2, 0.25) is 0 Å². The summed E-state index contributed by atoms with van der Waals surface area (Å²) in [6, 6.07) is 4.16. The van der Waals surface area contributed by atoms with Gasteiger partial charge in [0.25, 0.3) is 9.05 Å². The monoisotopic (exact) mass is 307 g/mol. The first-order valence-electron chi connectivity index (χ1n) is 3.54. The molecule has 0 heterocycles. The van der Waals surface area contributed by atoms with E-state index >= 15 is 0 Å². The van der Waals surface area contributed by atoms with Gasteiger partial charge in [-0.3, -0.25) is 4.79 Å². The van der Waals surface area contributed by atoms with Crippen molar-refractivity contribution < 1.29 is 13.2 Å². The van der Waals surface area contributed by atoms with Crippen LogP contribution in [0.1, 0.15) is 15.9 Å². The van der Waals surface area contributed by atoms with E-state index in [0.29, 0.717) is 6.29 Å². The lowest BCUT2D eigenvalue weighted by molar-refractivity contribution is 0.112. The van der Waals surface area contributed by atoms with Gasteiger partial charge in [0.2, 0.25) is 0 Å². The number of aldehydes is 1. The van der Waals surface area contributed by atoms with E-state index in [2.05, 4.69) is 15.9 Å². The summed E-state index contributed by atoms with van der Waals surface area (Å²) in [4.78, 5) is 10.4. The van der Waals surface area contributed by atoms with E-state index < -0.39 is 9.05 Å². The van der Waals surface area contributed by atoms with E-state index in [1.807, 2.05) is 0 Å². The summed E-state index contributed by atoms with van der Waals surface area (Å²) in [5.74, 6) is 0. The quantitative estimate of drug-likeness (QED) is 0.619. The van der Waals surface area contributed by atoms with Gasteiger partial charge in [0.15, 0.2) is 6.29 Å². The van der Waals surface area contributed by atoms with Crippen LogP contribution in [0.3, 0.4) is 0 Å². The minimum atomic E-state index is -3.93. The van der Waals surface area contributed by atoms with Gasteiger partial charge in [0.05, 0.1) is 16.5 Å². The predicted molar refractivity (Wildman–Crippen MR) is 57.3 cm³/mol. The molecule has 0 N–H and O–H groups in total. The summed E-state index contributed by atoms with van der Waals surface area (Å²) in [7, 11) is 1.20. The maximum absolute atomic E-state index is 11.1. The lowest BCUT2D eigenvalue weighted by Gasteiger charge is -2.03. The molecule has 1 rings (SSSR count). The van der Waals surface area contributed by atoms with E-state index in [0.717, 1.165) is 6.07 Å². The Hall–Kier alpha value is -0.900. The Bertz CT molecular complexity index is 562. The molecule has 4 nitrogen and oxygen atoms in total. The Kier molecular flexibility index (Phi) is 3.50. The van der Waals surface area contributed by atoms with E-state index in [-0.39, 0.29) is 20.5 Å². The SMILES string of the molecule is N#Cc1ccc(S(=O)(=O)Cl)c(Br)c1C=O. The fourth-order valence-electron chi connectivity index (χ4n) is 0.974. The second kappa shape index (κ2) is 4.31. The summed E-state index contributed by atoms with van der Waals surface area (Å²) in [5.41, 5.74) is 0.0557. The van der Waals surface area contributed by atoms with E-state index in [1.165, 1.54) is 6.07 Å². The molecule has 0 aliphatic rings. The Labute approximate surface area is 99.0 Å². The number of hydrogen-bond acceptors (Lipinski definition) is 4. The maximum Gasteiger partial charge on any atom is 0.262 e. The Morgan fingerprint density at radius 1 is 1.47 bits per heavy atom. The zero-order chi connectivity index (χ0) is 11.6. The van der Waals surface area contributed by atoms with Crippen LogP contribution in [0.4, 0.5) is 0 Å². The molecule has 7 heteroatoms. The number of carbonyl (C=O) groups is 1. The highest BCUT2D eigenvalue weighted by atomic mass is 79.9. The summed E-state index contributed by atoms with van der Waals surface area (Å²) in [6.45, 7) is 0. The van der Waals surface area contributed by atoms with Crippen LogP contribution in [0, 0.1) is 11.3 Å². The molecule has 0 amide bonds. The number of nitrogens with zero attached hydrogens (tertiary/aromatic N) is 1. The first-order valence-corrected chi connectivity index (χ1v) is 6.64. The summed E-state index contributed by atoms with van der Waals surface area (Å²) in [5, 5.41) is 8.66. The van der Waals surface area contributed by atoms with Gasteiger partial charge in [-0.25, -0.2) is 8.42 Å². The number of carbonyl (C=O) groups excluding carboxylic acids is 1. The lowest BCUT2D eigenvalue weighted by Crippen LogP contribution is -1.98. The third-order valence-electron chi connectivity index (χ3n) is 1.65. The zero-order valence-corrected chi connectivity index (χ0v) is 10.2. The molecule has 0 fully saturated rings. The van der Waals surface area contributed by atoms with Crippen LogP contribution in [0.5, 0.6) is 0 Å². The predicted octanol–water partition coefficient (Wildman–Crippen LogP) is 2.06. The molecule has 0 aromatic heterocycles. The topological polar surface area (TPSA) is 75.0 Å². The molecule has 0 saturated heterocycles. The van der Waals surface area contributed by atoms with Crippen molar-refractivity contribution in [2.75, 3.05) is 0 Å². The zero-order valence-electron chi connectivity index (χ0n) is 7.07. The second-order valence-corrected chi connectivity index (χ2v) is 5.83. The van der Waals surface area contributed by atoms with Gasteiger partial charge < -0.3 is 0 Å². The Morgan fingerprint density at radius 2 is 2.07 bits per heavy atom. The fourth-order valence-corrected chi connectivity index (χ4v) is 3.27. The van der Waals surface area contributed by atoms with Crippen LogP contribution in [-0.4, -0.2) is 14.7 Å². The van der Waals surface area contributed by atoms with Gasteiger partial charge in [-0.05, 0) is 28.1 Å². The van der Waals surface area contributed by atoms with Crippen molar-refractivity contribution in [1.29, 1.82) is 5.26 Å². The number of rotatable bonds is 2. The average Bonchev–Trinajstić information content (AvgIpc) is 2.15. The third kappa shape index (κ3) is 2.37. The summed E-state index contributed by atoms with van der Waals surface area (Å²) in [6.07, 6.45) is 0.397. The summed E-state index contributed by atoms with van der Waals surface area (Å²) >= 11 is 2.92. The van der Waals surface area contributed by atoms with Crippen molar-refractivity contribution in [3.8, 4) is 6.07 Å². The smallest absolute Gasteiger partial charge is 0.262 e. The van der Waals surface area contributed by atoms with E-state index in [9.17, 15) is 13.2 Å². The molecule has 1 aromatic carbocycles. The first kappa shape index (κ1) is 12.2. The Balaban J connectivity index is 3.66. The van der Waals surface area contributed by atoms with Gasteiger partial charge in [-0.2, -0.15) is 5.26 Å². The van der Waals surface area contributed by atoms with Crippen molar-refractivity contribution in [2.24, 2.45) is 0 Å². The molecular weight excluding hydrogens is 306 g/mol. The average molecular weight is 309 g/mol. The standard InChI is InChI=1S/C8H3BrClNO3S/c9-8-6(4-12)5(3-11)1-2-7(8)15(10,13)14/h1-2,4H. The highest BCUT2D eigenvalue weighted by Crippen LogP contribution is 2.29. The van der Waals surface area contributed by atoms with Crippen LogP contribution in [0.25, 0.3) is 0 Å². The van der Waals surface area contributed by atoms with E-state index in [1.54, 1.807) is 6.07 Å². The highest BCUT2D eigenvalue weighted by Gasteiger charge is 2.19. The molecule has 0 saturated carbocycles. The van der Waals surface area contributed by atoms with Crippen molar-refractivity contribution in [1.82, 2.24) is 0 Å². The molecule has 0 radical (unpaired) electrons. The van der Waals surface area contributed by atoms with Gasteiger partial charge in [-0.1, -0.05) is 0 Å². The molecule has 0 bridgehead atoms. The fraction of sp³-hybridized carbons (Fsp3) is 0. The minimum Gasteiger partial charge on any atom is -0.298 e. The lowest BCUT2D eigenvalue weighted by atomic mass is 10.1. The molecule has 0 spiro atoms. The largest absolute Gasteiger partial charge is 0.298 e. The van der Waals surface area contributed by atoms with Crippen LogP contribution in [0.15, 0.2) is 21.5 Å². The van der Waals surface area contributed by atoms with Crippen LogP contribution < -0.4 is 0 Å². The maximum atomic E-state index is 11.1. The molecule has 0 atom stereocenters. The first-order chi connectivity index (χ1) is 6.91.